The van der Waals surface area contributed by atoms with E-state index in [0.717, 1.165) is 46.8 Å². The highest BCUT2D eigenvalue weighted by molar-refractivity contribution is 7.85. The third-order valence-electron chi connectivity index (χ3n) is 3.62. The van der Waals surface area contributed by atoms with E-state index in [-0.39, 0.29) is 0 Å². The van der Waals surface area contributed by atoms with E-state index in [1.54, 1.807) is 0 Å². The van der Waals surface area contributed by atoms with E-state index < -0.39 is 10.8 Å². The van der Waals surface area contributed by atoms with Crippen molar-refractivity contribution in [2.24, 2.45) is 0 Å². The summed E-state index contributed by atoms with van der Waals surface area (Å²) < 4.78 is 17.8. The van der Waals surface area contributed by atoms with E-state index >= 15 is 0 Å². The van der Waals surface area contributed by atoms with Crippen molar-refractivity contribution in [3.8, 4) is 16.9 Å². The van der Waals surface area contributed by atoms with Crippen LogP contribution in [0.1, 0.15) is 32.3 Å². The quantitative estimate of drug-likeness (QED) is 0.674. The second kappa shape index (κ2) is 8.14. The standard InChI is InChI=1S/C19H24O2S/c1-4-6-12-21-19-11-10-17(13-15(19)3)16-8-7-9-18(14-16)22(20)5-2/h7-11,13-14H,4-6,12H2,1-3H3. The van der Waals surface area contributed by atoms with E-state index in [9.17, 15) is 4.21 Å². The smallest absolute Gasteiger partial charge is 0.122 e. The summed E-state index contributed by atoms with van der Waals surface area (Å²) in [6.45, 7) is 6.93. The lowest BCUT2D eigenvalue weighted by Gasteiger charge is -2.11. The van der Waals surface area contributed by atoms with Crippen molar-refractivity contribution in [1.82, 2.24) is 0 Å². The molecule has 0 aliphatic rings. The van der Waals surface area contributed by atoms with Crippen LogP contribution in [0, 0.1) is 6.92 Å². The Hall–Kier alpha value is -1.61. The van der Waals surface area contributed by atoms with Gasteiger partial charge in [-0.2, -0.15) is 0 Å². The maximum absolute atomic E-state index is 12.0. The summed E-state index contributed by atoms with van der Waals surface area (Å²) in [5.74, 6) is 1.60. The summed E-state index contributed by atoms with van der Waals surface area (Å²) in [6.07, 6.45) is 2.21. The van der Waals surface area contributed by atoms with E-state index in [4.69, 9.17) is 4.74 Å². The van der Waals surface area contributed by atoms with Crippen LogP contribution < -0.4 is 4.74 Å². The summed E-state index contributed by atoms with van der Waals surface area (Å²) in [5, 5.41) is 0. The molecule has 22 heavy (non-hydrogen) atoms. The lowest BCUT2D eigenvalue weighted by atomic mass is 10.0. The number of unbranched alkanes of at least 4 members (excludes halogenated alkanes) is 1. The van der Waals surface area contributed by atoms with Gasteiger partial charge in [0, 0.05) is 10.6 Å². The van der Waals surface area contributed by atoms with Gasteiger partial charge in [0.25, 0.3) is 0 Å². The predicted octanol–water partition coefficient (Wildman–Crippen LogP) is 4.97. The molecule has 0 radical (unpaired) electrons. The molecule has 2 aromatic carbocycles. The second-order valence-corrected chi connectivity index (χ2v) is 7.08. The first-order valence-corrected chi connectivity index (χ1v) is 9.19. The number of ether oxygens (including phenoxy) is 1. The van der Waals surface area contributed by atoms with Crippen molar-refractivity contribution in [2.75, 3.05) is 12.4 Å². The van der Waals surface area contributed by atoms with Crippen molar-refractivity contribution in [1.29, 1.82) is 0 Å². The minimum atomic E-state index is -0.914. The van der Waals surface area contributed by atoms with Gasteiger partial charge in [0.05, 0.1) is 17.4 Å². The summed E-state index contributed by atoms with van der Waals surface area (Å²) in [4.78, 5) is 0.890. The van der Waals surface area contributed by atoms with E-state index in [0.29, 0.717) is 5.75 Å². The Balaban J connectivity index is 2.22. The van der Waals surface area contributed by atoms with Crippen LogP contribution in [0.5, 0.6) is 5.75 Å². The molecule has 0 amide bonds. The van der Waals surface area contributed by atoms with E-state index in [1.165, 1.54) is 0 Å². The first kappa shape index (κ1) is 16.8. The molecule has 0 N–H and O–H groups in total. The van der Waals surface area contributed by atoms with Gasteiger partial charge < -0.3 is 4.74 Å². The molecule has 1 atom stereocenters. The SMILES string of the molecule is CCCCOc1ccc(-c2cccc(S(=O)CC)c2)cc1C. The Labute approximate surface area is 136 Å². The highest BCUT2D eigenvalue weighted by atomic mass is 32.2. The van der Waals surface area contributed by atoms with E-state index in [1.807, 2.05) is 31.2 Å². The van der Waals surface area contributed by atoms with Crippen LogP contribution in [-0.2, 0) is 10.8 Å². The first-order valence-electron chi connectivity index (χ1n) is 7.88. The van der Waals surface area contributed by atoms with Crippen molar-refractivity contribution in [3.05, 3.63) is 48.0 Å². The van der Waals surface area contributed by atoms with Gasteiger partial charge in [-0.15, -0.1) is 0 Å². The Morgan fingerprint density at radius 1 is 1.05 bits per heavy atom. The zero-order chi connectivity index (χ0) is 15.9. The van der Waals surface area contributed by atoms with Crippen molar-refractivity contribution >= 4 is 10.8 Å². The Kier molecular flexibility index (Phi) is 6.20. The molecule has 2 aromatic rings. The average molecular weight is 316 g/mol. The van der Waals surface area contributed by atoms with Crippen LogP contribution in [-0.4, -0.2) is 16.6 Å². The molecule has 0 saturated carbocycles. The summed E-state index contributed by atoms with van der Waals surface area (Å²) in [5.41, 5.74) is 3.37. The van der Waals surface area contributed by atoms with Crippen LogP contribution in [0.25, 0.3) is 11.1 Å². The molecule has 1 unspecified atom stereocenters. The number of rotatable bonds is 7. The first-order chi connectivity index (χ1) is 10.7. The molecule has 0 saturated heterocycles. The Bertz CT molecular complexity index is 650. The summed E-state index contributed by atoms with van der Waals surface area (Å²) >= 11 is 0. The van der Waals surface area contributed by atoms with Crippen molar-refractivity contribution < 1.29 is 8.95 Å². The minimum absolute atomic E-state index is 0.646. The predicted molar refractivity (Wildman–Crippen MR) is 94.0 cm³/mol. The third-order valence-corrected chi connectivity index (χ3v) is 4.93. The molecular formula is C19H24O2S. The monoisotopic (exact) mass is 316 g/mol. The van der Waals surface area contributed by atoms with Crippen LogP contribution in [0.3, 0.4) is 0 Å². The van der Waals surface area contributed by atoms with Crippen LogP contribution in [0.2, 0.25) is 0 Å². The zero-order valence-electron chi connectivity index (χ0n) is 13.6. The van der Waals surface area contributed by atoms with Crippen molar-refractivity contribution in [3.63, 3.8) is 0 Å². The third kappa shape index (κ3) is 4.20. The minimum Gasteiger partial charge on any atom is -0.493 e. The molecule has 118 valence electrons. The topological polar surface area (TPSA) is 26.3 Å². The Morgan fingerprint density at radius 2 is 1.82 bits per heavy atom. The van der Waals surface area contributed by atoms with Crippen LogP contribution >= 0.6 is 0 Å². The number of hydrogen-bond acceptors (Lipinski definition) is 2. The van der Waals surface area contributed by atoms with Crippen LogP contribution in [0.15, 0.2) is 47.4 Å². The van der Waals surface area contributed by atoms with Gasteiger partial charge >= 0.3 is 0 Å². The molecule has 0 aliphatic heterocycles. The summed E-state index contributed by atoms with van der Waals surface area (Å²) in [6, 6.07) is 14.2. The molecule has 3 heteroatoms. The van der Waals surface area contributed by atoms with Gasteiger partial charge in [0.2, 0.25) is 0 Å². The van der Waals surface area contributed by atoms with Gasteiger partial charge in [0.1, 0.15) is 5.75 Å². The zero-order valence-corrected chi connectivity index (χ0v) is 14.4. The largest absolute Gasteiger partial charge is 0.493 e. The average Bonchev–Trinajstić information content (AvgIpc) is 2.56. The maximum Gasteiger partial charge on any atom is 0.122 e. The maximum atomic E-state index is 12.0. The second-order valence-electron chi connectivity index (χ2n) is 5.34. The number of benzene rings is 2. The number of hydrogen-bond donors (Lipinski definition) is 0. The molecule has 0 heterocycles. The lowest BCUT2D eigenvalue weighted by molar-refractivity contribution is 0.307. The van der Waals surface area contributed by atoms with Crippen molar-refractivity contribution in [2.45, 2.75) is 38.5 Å². The van der Waals surface area contributed by atoms with Gasteiger partial charge in [-0.25, -0.2) is 0 Å². The molecule has 0 fully saturated rings. The molecule has 0 aromatic heterocycles. The fourth-order valence-corrected chi connectivity index (χ4v) is 3.12. The van der Waals surface area contributed by atoms with Gasteiger partial charge in [0.15, 0.2) is 0 Å². The van der Waals surface area contributed by atoms with Gasteiger partial charge in [-0.05, 0) is 54.3 Å². The van der Waals surface area contributed by atoms with Gasteiger partial charge in [-0.1, -0.05) is 38.5 Å². The lowest BCUT2D eigenvalue weighted by Crippen LogP contribution is -1.98. The summed E-state index contributed by atoms with van der Waals surface area (Å²) in [7, 11) is -0.914. The molecule has 0 aliphatic carbocycles. The number of aryl methyl sites for hydroxylation is 1. The highest BCUT2D eigenvalue weighted by Crippen LogP contribution is 2.27. The molecule has 0 spiro atoms. The molecular weight excluding hydrogens is 292 g/mol. The van der Waals surface area contributed by atoms with Crippen LogP contribution in [0.4, 0.5) is 0 Å². The fraction of sp³-hybridized carbons (Fsp3) is 0.368. The fourth-order valence-electron chi connectivity index (χ4n) is 2.30. The molecule has 2 rings (SSSR count). The molecule has 0 bridgehead atoms. The highest BCUT2D eigenvalue weighted by Gasteiger charge is 2.06. The van der Waals surface area contributed by atoms with E-state index in [2.05, 4.69) is 32.0 Å². The normalized spacial score (nSPS) is 12.1. The van der Waals surface area contributed by atoms with Gasteiger partial charge in [-0.3, -0.25) is 4.21 Å². The Morgan fingerprint density at radius 3 is 2.50 bits per heavy atom. The molecule has 2 nitrogen and oxygen atoms in total.